The van der Waals surface area contributed by atoms with Crippen LogP contribution in [0.2, 0.25) is 0 Å². The van der Waals surface area contributed by atoms with Crippen molar-refractivity contribution in [2.45, 2.75) is 25.9 Å². The molecule has 2 aromatic carbocycles. The molecule has 0 bridgehead atoms. The highest BCUT2D eigenvalue weighted by atomic mass is 127. The zero-order valence-electron chi connectivity index (χ0n) is 19.4. The number of halogens is 1. The molecule has 2 aromatic rings. The molecule has 0 aromatic heterocycles. The molecule has 1 aliphatic rings. The molecule has 0 saturated carbocycles. The van der Waals surface area contributed by atoms with E-state index < -0.39 is 0 Å². The predicted octanol–water partition coefficient (Wildman–Crippen LogP) is 4.47. The maximum Gasteiger partial charge on any atom is 0.190 e. The van der Waals surface area contributed by atoms with E-state index in [2.05, 4.69) is 57.8 Å². The van der Waals surface area contributed by atoms with Crippen LogP contribution in [0.15, 0.2) is 59.6 Å². The molecule has 1 heterocycles. The Kier molecular flexibility index (Phi) is 11.7. The molecule has 32 heavy (non-hydrogen) atoms. The molecule has 2 atom stereocenters. The van der Waals surface area contributed by atoms with Gasteiger partial charge >= 0.3 is 0 Å². The van der Waals surface area contributed by atoms with Crippen molar-refractivity contribution >= 4 is 35.6 Å². The van der Waals surface area contributed by atoms with Gasteiger partial charge in [-0.15, -0.1) is 24.0 Å². The van der Waals surface area contributed by atoms with Crippen molar-refractivity contribution in [3.8, 4) is 5.75 Å². The van der Waals surface area contributed by atoms with Crippen molar-refractivity contribution in [2.24, 2.45) is 10.9 Å². The zero-order chi connectivity index (χ0) is 21.9. The number of hydrogen-bond donors (Lipinski definition) is 2. The summed E-state index contributed by atoms with van der Waals surface area (Å²) in [7, 11) is 3.53. The molecular formula is C25H37IN4O2. The highest BCUT2D eigenvalue weighted by Gasteiger charge is 2.23. The first-order valence-electron chi connectivity index (χ1n) is 11.2. The van der Waals surface area contributed by atoms with Gasteiger partial charge in [-0.25, -0.2) is 0 Å². The van der Waals surface area contributed by atoms with E-state index in [1.54, 1.807) is 7.11 Å². The third kappa shape index (κ3) is 8.16. The second kappa shape index (κ2) is 14.2. The Morgan fingerprint density at radius 1 is 1.16 bits per heavy atom. The third-order valence-corrected chi connectivity index (χ3v) is 5.74. The molecule has 0 radical (unpaired) electrons. The average molecular weight is 553 g/mol. The molecule has 2 unspecified atom stereocenters. The molecule has 6 nitrogen and oxygen atoms in total. The molecule has 1 aliphatic heterocycles. The van der Waals surface area contributed by atoms with E-state index in [4.69, 9.17) is 9.47 Å². The predicted molar refractivity (Wildman–Crippen MR) is 144 cm³/mol. The quantitative estimate of drug-likeness (QED) is 0.197. The van der Waals surface area contributed by atoms with Crippen LogP contribution in [0, 0.1) is 5.92 Å². The highest BCUT2D eigenvalue weighted by Crippen LogP contribution is 2.26. The maximum atomic E-state index is 5.94. The molecule has 0 aliphatic carbocycles. The van der Waals surface area contributed by atoms with Crippen LogP contribution in [0.3, 0.4) is 0 Å². The Hall–Kier alpha value is -2.00. The molecule has 176 valence electrons. The van der Waals surface area contributed by atoms with Crippen molar-refractivity contribution in [1.29, 1.82) is 0 Å². The van der Waals surface area contributed by atoms with Crippen molar-refractivity contribution in [1.82, 2.24) is 10.6 Å². The van der Waals surface area contributed by atoms with Gasteiger partial charge in [-0.1, -0.05) is 36.4 Å². The molecule has 0 spiro atoms. The third-order valence-electron chi connectivity index (χ3n) is 5.74. The lowest BCUT2D eigenvalue weighted by atomic mass is 10.1. The minimum absolute atomic E-state index is 0. The van der Waals surface area contributed by atoms with Gasteiger partial charge in [-0.3, -0.25) is 4.99 Å². The molecule has 1 fully saturated rings. The van der Waals surface area contributed by atoms with E-state index in [0.29, 0.717) is 5.92 Å². The first-order chi connectivity index (χ1) is 15.2. The van der Waals surface area contributed by atoms with E-state index in [0.717, 1.165) is 50.9 Å². The van der Waals surface area contributed by atoms with E-state index in [1.807, 2.05) is 31.3 Å². The highest BCUT2D eigenvalue weighted by molar-refractivity contribution is 14.0. The number of nitrogens with zero attached hydrogens (tertiary/aromatic N) is 2. The van der Waals surface area contributed by atoms with Gasteiger partial charge in [0.2, 0.25) is 0 Å². The van der Waals surface area contributed by atoms with Crippen LogP contribution >= 0.6 is 24.0 Å². The summed E-state index contributed by atoms with van der Waals surface area (Å²) in [5, 5.41) is 6.87. The largest absolute Gasteiger partial charge is 0.497 e. The van der Waals surface area contributed by atoms with Crippen molar-refractivity contribution < 1.29 is 9.47 Å². The summed E-state index contributed by atoms with van der Waals surface area (Å²) in [6, 6.07) is 18.6. The maximum absolute atomic E-state index is 5.94. The van der Waals surface area contributed by atoms with Crippen LogP contribution in [0.25, 0.3) is 0 Å². The van der Waals surface area contributed by atoms with Crippen LogP contribution in [0.1, 0.15) is 31.4 Å². The fourth-order valence-corrected chi connectivity index (χ4v) is 3.86. The molecule has 0 amide bonds. The second-order valence-corrected chi connectivity index (χ2v) is 7.96. The number of ether oxygens (including phenoxy) is 2. The van der Waals surface area contributed by atoms with Crippen molar-refractivity contribution in [3.63, 3.8) is 0 Å². The molecule has 3 rings (SSSR count). The molecule has 7 heteroatoms. The van der Waals surface area contributed by atoms with Gasteiger partial charge in [0.1, 0.15) is 5.75 Å². The summed E-state index contributed by atoms with van der Waals surface area (Å²) >= 11 is 0. The summed E-state index contributed by atoms with van der Waals surface area (Å²) in [5.74, 6) is 2.36. The Bertz CT molecular complexity index is 819. The molecule has 2 N–H and O–H groups in total. The number of aliphatic imine (C=N–C) groups is 1. The van der Waals surface area contributed by atoms with Crippen LogP contribution in [0.4, 0.5) is 5.69 Å². The second-order valence-electron chi connectivity index (χ2n) is 7.96. The monoisotopic (exact) mass is 552 g/mol. The van der Waals surface area contributed by atoms with Crippen molar-refractivity contribution in [2.75, 3.05) is 51.8 Å². The van der Waals surface area contributed by atoms with Crippen LogP contribution in [0.5, 0.6) is 5.75 Å². The minimum Gasteiger partial charge on any atom is -0.497 e. The van der Waals surface area contributed by atoms with Crippen molar-refractivity contribution in [3.05, 3.63) is 60.2 Å². The average Bonchev–Trinajstić information content (AvgIpc) is 3.30. The Balaban J connectivity index is 0.00000363. The summed E-state index contributed by atoms with van der Waals surface area (Å²) in [6.07, 6.45) is 2.23. The van der Waals surface area contributed by atoms with Gasteiger partial charge in [-0.05, 0) is 43.4 Å². The number of methoxy groups -OCH3 is 1. The molecular weight excluding hydrogens is 515 g/mol. The van der Waals surface area contributed by atoms with Gasteiger partial charge < -0.3 is 25.0 Å². The standard InChI is InChI=1S/C25H36N4O2.HI/c1-20(22-9-5-4-6-10-22)31-16-8-14-27-25(26-2)28-18-21-13-15-29(19-21)23-11-7-12-24(17-23)30-3;/h4-7,9-12,17,20-21H,8,13-16,18-19H2,1-3H3,(H2,26,27,28);1H. The Labute approximate surface area is 209 Å². The number of benzene rings is 2. The first-order valence-corrected chi connectivity index (χ1v) is 11.2. The summed E-state index contributed by atoms with van der Waals surface area (Å²) in [5.41, 5.74) is 2.45. The van der Waals surface area contributed by atoms with Crippen LogP contribution in [-0.2, 0) is 4.74 Å². The molecule has 1 saturated heterocycles. The number of nitrogens with one attached hydrogen (secondary N) is 2. The van der Waals surface area contributed by atoms with Gasteiger partial charge in [0, 0.05) is 51.6 Å². The summed E-state index contributed by atoms with van der Waals surface area (Å²) in [4.78, 5) is 6.78. The fourth-order valence-electron chi connectivity index (χ4n) is 3.86. The van der Waals surface area contributed by atoms with Gasteiger partial charge in [0.05, 0.1) is 13.2 Å². The van der Waals surface area contributed by atoms with E-state index >= 15 is 0 Å². The zero-order valence-corrected chi connectivity index (χ0v) is 21.8. The normalized spacial score (nSPS) is 16.9. The topological polar surface area (TPSA) is 58.1 Å². The number of rotatable bonds is 10. The minimum atomic E-state index is 0. The van der Waals surface area contributed by atoms with E-state index in [-0.39, 0.29) is 30.1 Å². The fraction of sp³-hybridized carbons (Fsp3) is 0.480. The van der Waals surface area contributed by atoms with Crippen LogP contribution in [-0.4, -0.2) is 52.9 Å². The lowest BCUT2D eigenvalue weighted by Gasteiger charge is -2.20. The van der Waals surface area contributed by atoms with E-state index in [1.165, 1.54) is 17.7 Å². The van der Waals surface area contributed by atoms with Gasteiger partial charge in [-0.2, -0.15) is 0 Å². The van der Waals surface area contributed by atoms with E-state index in [9.17, 15) is 0 Å². The van der Waals surface area contributed by atoms with Gasteiger partial charge in [0.25, 0.3) is 0 Å². The first kappa shape index (κ1) is 26.3. The smallest absolute Gasteiger partial charge is 0.190 e. The SMILES string of the molecule is CN=C(NCCCOC(C)c1ccccc1)NCC1CCN(c2cccc(OC)c2)C1.I. The lowest BCUT2D eigenvalue weighted by molar-refractivity contribution is 0.0646. The Morgan fingerprint density at radius 3 is 2.72 bits per heavy atom. The lowest BCUT2D eigenvalue weighted by Crippen LogP contribution is -2.40. The van der Waals surface area contributed by atoms with Crippen LogP contribution < -0.4 is 20.3 Å². The summed E-state index contributed by atoms with van der Waals surface area (Å²) < 4.78 is 11.3. The summed E-state index contributed by atoms with van der Waals surface area (Å²) in [6.45, 7) is 6.69. The number of guanidine groups is 1. The Morgan fingerprint density at radius 2 is 1.97 bits per heavy atom. The van der Waals surface area contributed by atoms with Gasteiger partial charge in [0.15, 0.2) is 5.96 Å². The number of hydrogen-bond acceptors (Lipinski definition) is 4. The number of anilines is 1.